The number of ether oxygens (including phenoxy) is 1. The Morgan fingerprint density at radius 2 is 1.61 bits per heavy atom. The quantitative estimate of drug-likeness (QED) is 0.309. The number of fused-ring (bicyclic) bond motifs is 2. The first-order chi connectivity index (χ1) is 15.7. The number of hydrogen-bond acceptors (Lipinski definition) is 6. The minimum Gasteiger partial charge on any atom is -0.481 e. The lowest BCUT2D eigenvalue weighted by molar-refractivity contribution is -0.137. The lowest BCUT2D eigenvalue weighted by Crippen LogP contribution is -2.33. The summed E-state index contributed by atoms with van der Waals surface area (Å²) in [6, 6.07) is 8.90. The molecule has 2 aliphatic heterocycles. The van der Waals surface area contributed by atoms with E-state index in [0.717, 1.165) is 19.3 Å². The second kappa shape index (κ2) is 11.6. The van der Waals surface area contributed by atoms with Gasteiger partial charge in [-0.05, 0) is 50.0 Å². The van der Waals surface area contributed by atoms with Gasteiger partial charge in [0.2, 0.25) is 0 Å². The van der Waals surface area contributed by atoms with E-state index in [1.54, 1.807) is 24.3 Å². The van der Waals surface area contributed by atoms with Crippen LogP contribution in [0.25, 0.3) is 0 Å². The number of rotatable bonds is 14. The second-order valence-electron chi connectivity index (χ2n) is 9.16. The van der Waals surface area contributed by atoms with Gasteiger partial charge in [0.1, 0.15) is 0 Å². The number of carboxylic acids is 1. The van der Waals surface area contributed by atoms with Crippen molar-refractivity contribution in [3.05, 3.63) is 48.0 Å². The number of benzene rings is 1. The van der Waals surface area contributed by atoms with Gasteiger partial charge in [-0.25, -0.2) is 16.8 Å². The first-order valence-electron chi connectivity index (χ1n) is 11.6. The molecule has 0 saturated carbocycles. The second-order valence-corrected chi connectivity index (χ2v) is 13.6. The molecule has 2 fully saturated rings. The van der Waals surface area contributed by atoms with Gasteiger partial charge in [0.25, 0.3) is 0 Å². The fraction of sp³-hybridized carbons (Fsp3) is 0.625. The van der Waals surface area contributed by atoms with Crippen LogP contribution in [0.4, 0.5) is 0 Å². The minimum atomic E-state index is -3.40. The van der Waals surface area contributed by atoms with E-state index in [4.69, 9.17) is 9.84 Å². The third-order valence-electron chi connectivity index (χ3n) is 6.51. The summed E-state index contributed by atoms with van der Waals surface area (Å²) >= 11 is 0. The van der Waals surface area contributed by atoms with E-state index in [9.17, 15) is 21.6 Å². The molecule has 4 atom stereocenters. The molecule has 1 aromatic carbocycles. The predicted octanol–water partition coefficient (Wildman–Crippen LogP) is 3.40. The molecule has 0 amide bonds. The predicted molar refractivity (Wildman–Crippen MR) is 127 cm³/mol. The smallest absolute Gasteiger partial charge is 0.303 e. The van der Waals surface area contributed by atoms with Gasteiger partial charge in [0.05, 0.1) is 35.2 Å². The standard InChI is InChI=1S/C24H34O7S2/c25-24(26)12-7-2-1-6-11-20-21(23-14-13-22(20)31-23)18-33(29,30)16-8-15-32(27,28)17-19-9-4-3-5-10-19/h1,3-6,9-10,20-23H,2,7-8,11-18H2,(H,25,26)/b6-1-/t20-,21-,22-,23+/m1/s1. The topological polar surface area (TPSA) is 115 Å². The Kier molecular flexibility index (Phi) is 9.12. The molecule has 0 spiro atoms. The van der Waals surface area contributed by atoms with E-state index >= 15 is 0 Å². The zero-order valence-electron chi connectivity index (χ0n) is 18.8. The molecule has 2 aliphatic rings. The van der Waals surface area contributed by atoms with Gasteiger partial charge < -0.3 is 9.84 Å². The highest BCUT2D eigenvalue weighted by Crippen LogP contribution is 2.45. The van der Waals surface area contributed by atoms with Crippen LogP contribution in [0.2, 0.25) is 0 Å². The average Bonchev–Trinajstić information content (AvgIpc) is 3.32. The average molecular weight is 499 g/mol. The van der Waals surface area contributed by atoms with Crippen LogP contribution in [-0.2, 0) is 35.0 Å². The molecule has 1 aromatic rings. The van der Waals surface area contributed by atoms with Crippen molar-refractivity contribution in [1.82, 2.24) is 0 Å². The summed E-state index contributed by atoms with van der Waals surface area (Å²) in [5.74, 6) is -1.06. The first kappa shape index (κ1) is 25.9. The largest absolute Gasteiger partial charge is 0.481 e. The Balaban J connectivity index is 1.48. The van der Waals surface area contributed by atoms with Gasteiger partial charge in [0, 0.05) is 12.3 Å². The summed E-state index contributed by atoms with van der Waals surface area (Å²) < 4.78 is 56.3. The molecule has 2 saturated heterocycles. The van der Waals surface area contributed by atoms with Crippen LogP contribution in [0.15, 0.2) is 42.5 Å². The zero-order valence-corrected chi connectivity index (χ0v) is 20.5. The number of allylic oxidation sites excluding steroid dienone is 2. The molecule has 7 nitrogen and oxygen atoms in total. The maximum atomic E-state index is 12.8. The Morgan fingerprint density at radius 3 is 2.30 bits per heavy atom. The van der Waals surface area contributed by atoms with Crippen LogP contribution < -0.4 is 0 Å². The van der Waals surface area contributed by atoms with Gasteiger partial charge in [-0.2, -0.15) is 0 Å². The molecule has 1 N–H and O–H groups in total. The van der Waals surface area contributed by atoms with Crippen molar-refractivity contribution in [2.45, 2.75) is 62.9 Å². The molecule has 0 unspecified atom stereocenters. The van der Waals surface area contributed by atoms with E-state index in [2.05, 4.69) is 0 Å². The SMILES string of the molecule is O=C(O)CCC/C=C\C[C@@H]1[C@@H](CS(=O)(=O)CCCS(=O)(=O)Cc2ccccc2)[C@@H]2CC[C@H]1O2. The zero-order chi connectivity index (χ0) is 23.9. The molecule has 9 heteroatoms. The third kappa shape index (κ3) is 8.22. The van der Waals surface area contributed by atoms with Crippen LogP contribution in [0.1, 0.15) is 50.5 Å². The van der Waals surface area contributed by atoms with Gasteiger partial charge >= 0.3 is 5.97 Å². The molecule has 3 rings (SSSR count). The molecular formula is C24H34O7S2. The van der Waals surface area contributed by atoms with Crippen molar-refractivity contribution in [3.8, 4) is 0 Å². The number of carbonyl (C=O) groups is 1. The van der Waals surface area contributed by atoms with Crippen molar-refractivity contribution >= 4 is 25.6 Å². The van der Waals surface area contributed by atoms with Crippen molar-refractivity contribution in [1.29, 1.82) is 0 Å². The summed E-state index contributed by atoms with van der Waals surface area (Å²) in [6.07, 6.45) is 8.08. The fourth-order valence-electron chi connectivity index (χ4n) is 4.95. The summed E-state index contributed by atoms with van der Waals surface area (Å²) in [4.78, 5) is 10.6. The van der Waals surface area contributed by atoms with E-state index in [1.807, 2.05) is 18.2 Å². The van der Waals surface area contributed by atoms with Crippen LogP contribution >= 0.6 is 0 Å². The van der Waals surface area contributed by atoms with Crippen LogP contribution in [0, 0.1) is 11.8 Å². The Hall–Kier alpha value is -1.71. The van der Waals surface area contributed by atoms with Crippen molar-refractivity contribution in [3.63, 3.8) is 0 Å². The Bertz CT molecular complexity index is 1020. The Labute approximate surface area is 197 Å². The van der Waals surface area contributed by atoms with Gasteiger partial charge in [-0.1, -0.05) is 42.5 Å². The van der Waals surface area contributed by atoms with Gasteiger partial charge in [-0.3, -0.25) is 4.79 Å². The number of sulfone groups is 2. The first-order valence-corrected chi connectivity index (χ1v) is 15.3. The minimum absolute atomic E-state index is 0.0322. The molecular weight excluding hydrogens is 464 g/mol. The third-order valence-corrected chi connectivity index (χ3v) is 10.0. The van der Waals surface area contributed by atoms with E-state index in [-0.39, 0.29) is 59.9 Å². The van der Waals surface area contributed by atoms with Crippen LogP contribution in [-0.4, -0.2) is 57.4 Å². The highest BCUT2D eigenvalue weighted by molar-refractivity contribution is 7.92. The molecule has 2 heterocycles. The monoisotopic (exact) mass is 498 g/mol. The number of aliphatic carboxylic acids is 1. The normalized spacial score (nSPS) is 25.1. The van der Waals surface area contributed by atoms with Gasteiger partial charge in [0.15, 0.2) is 19.7 Å². The number of hydrogen-bond donors (Lipinski definition) is 1. The summed E-state index contributed by atoms with van der Waals surface area (Å²) in [5, 5.41) is 8.70. The van der Waals surface area contributed by atoms with E-state index in [1.165, 1.54) is 0 Å². The molecule has 0 radical (unpaired) electrons. The number of carboxylic acid groups (broad SMARTS) is 1. The van der Waals surface area contributed by atoms with Crippen LogP contribution in [0.5, 0.6) is 0 Å². The molecule has 2 bridgehead atoms. The summed E-state index contributed by atoms with van der Waals surface area (Å²) in [5.41, 5.74) is 0.707. The van der Waals surface area contributed by atoms with E-state index < -0.39 is 25.6 Å². The lowest BCUT2D eigenvalue weighted by Gasteiger charge is -2.27. The van der Waals surface area contributed by atoms with Crippen molar-refractivity contribution in [2.24, 2.45) is 11.8 Å². The highest BCUT2D eigenvalue weighted by Gasteiger charge is 2.49. The highest BCUT2D eigenvalue weighted by atomic mass is 32.2. The molecule has 33 heavy (non-hydrogen) atoms. The number of unbranched alkanes of at least 4 members (excludes halogenated alkanes) is 1. The molecule has 0 aromatic heterocycles. The van der Waals surface area contributed by atoms with Gasteiger partial charge in [-0.15, -0.1) is 0 Å². The maximum Gasteiger partial charge on any atom is 0.303 e. The van der Waals surface area contributed by atoms with Crippen LogP contribution in [0.3, 0.4) is 0 Å². The van der Waals surface area contributed by atoms with Crippen molar-refractivity contribution < 1.29 is 31.5 Å². The summed E-state index contributed by atoms with van der Waals surface area (Å²) in [7, 11) is -6.76. The van der Waals surface area contributed by atoms with Crippen molar-refractivity contribution in [2.75, 3.05) is 17.3 Å². The molecule has 0 aliphatic carbocycles. The fourth-order valence-corrected chi connectivity index (χ4v) is 8.36. The van der Waals surface area contributed by atoms with E-state index in [0.29, 0.717) is 18.4 Å². The summed E-state index contributed by atoms with van der Waals surface area (Å²) in [6.45, 7) is 0. The lowest BCUT2D eigenvalue weighted by atomic mass is 9.78. The maximum absolute atomic E-state index is 12.8. The molecule has 184 valence electrons. The Morgan fingerprint density at radius 1 is 0.939 bits per heavy atom.